The lowest BCUT2D eigenvalue weighted by Gasteiger charge is -2.21. The maximum Gasteiger partial charge on any atom is 0.453 e. The lowest BCUT2D eigenvalue weighted by Crippen LogP contribution is -2.46. The second-order valence-electron chi connectivity index (χ2n) is 5.50. The van der Waals surface area contributed by atoms with Gasteiger partial charge in [0, 0.05) is 12.1 Å². The molecule has 0 aromatic heterocycles. The molecule has 10 heteroatoms. The fourth-order valence-corrected chi connectivity index (χ4v) is 2.47. The first-order valence-corrected chi connectivity index (χ1v) is 8.00. The highest BCUT2D eigenvalue weighted by Crippen LogP contribution is 2.28. The van der Waals surface area contributed by atoms with Crippen LogP contribution in [0.4, 0.5) is 18.9 Å². The van der Waals surface area contributed by atoms with Gasteiger partial charge in [0.25, 0.3) is 5.84 Å². The number of ether oxygens (including phenoxy) is 1. The predicted octanol–water partition coefficient (Wildman–Crippen LogP) is 1.62. The molecule has 0 unspecified atom stereocenters. The summed E-state index contributed by atoms with van der Waals surface area (Å²) in [7, 11) is 1.46. The number of nitrogens with one attached hydrogen (secondary N) is 3. The number of nitrogens with zero attached hydrogens (tertiary/aromatic N) is 2. The zero-order valence-corrected chi connectivity index (χ0v) is 14.0. The van der Waals surface area contributed by atoms with E-state index in [1.165, 1.54) is 51.6 Å². The van der Waals surface area contributed by atoms with Crippen LogP contribution in [0, 0.1) is 0 Å². The Labute approximate surface area is 144 Å². The van der Waals surface area contributed by atoms with E-state index in [0.29, 0.717) is 11.3 Å². The van der Waals surface area contributed by atoms with Crippen LogP contribution < -0.4 is 31.9 Å². The molecular formula is C15H23F3N6O. The Hall–Kier alpha value is -2.04. The van der Waals surface area contributed by atoms with Crippen molar-refractivity contribution in [1.29, 1.82) is 0 Å². The molecule has 1 aromatic carbocycles. The molecule has 0 spiro atoms. The van der Waals surface area contributed by atoms with Crippen LogP contribution in [-0.2, 0) is 6.54 Å². The average molecular weight is 360 g/mol. The molecule has 0 bridgehead atoms. The normalized spacial score (nSPS) is 17.3. The van der Waals surface area contributed by atoms with E-state index in [2.05, 4.69) is 21.5 Å². The summed E-state index contributed by atoms with van der Waals surface area (Å²) < 4.78 is 43.2. The van der Waals surface area contributed by atoms with Gasteiger partial charge in [-0.1, -0.05) is 6.42 Å². The lowest BCUT2D eigenvalue weighted by molar-refractivity contribution is -0.0599. The Kier molecular flexibility index (Phi) is 6.85. The molecule has 2 aliphatic rings. The summed E-state index contributed by atoms with van der Waals surface area (Å²) in [6, 6.07) is 4.52. The second-order valence-corrected chi connectivity index (χ2v) is 5.50. The molecule has 0 radical (unpaired) electrons. The second kappa shape index (κ2) is 8.88. The Balaban J connectivity index is 0.000000316. The Morgan fingerprint density at radius 3 is 2.44 bits per heavy atom. The molecule has 1 fully saturated rings. The molecule has 3 rings (SSSR count). The van der Waals surface area contributed by atoms with Crippen LogP contribution in [0.3, 0.4) is 0 Å². The van der Waals surface area contributed by atoms with Crippen molar-refractivity contribution >= 4 is 11.5 Å². The number of hydrogen-bond donors (Lipinski definition) is 4. The zero-order valence-electron chi connectivity index (χ0n) is 14.0. The number of hydrogen-bond acceptors (Lipinski definition) is 7. The molecule has 2 aliphatic heterocycles. The monoisotopic (exact) mass is 360 g/mol. The van der Waals surface area contributed by atoms with Crippen LogP contribution >= 0.6 is 0 Å². The van der Waals surface area contributed by atoms with Gasteiger partial charge in [-0.25, -0.2) is 10.5 Å². The molecule has 5 N–H and O–H groups in total. The Morgan fingerprint density at radius 1 is 1.24 bits per heavy atom. The number of halogens is 3. The summed E-state index contributed by atoms with van der Waals surface area (Å²) in [4.78, 5) is 0. The summed E-state index contributed by atoms with van der Waals surface area (Å²) in [6.45, 7) is 2.65. The lowest BCUT2D eigenvalue weighted by atomic mass is 10.1. The maximum atomic E-state index is 12.7. The van der Waals surface area contributed by atoms with Crippen LogP contribution in [-0.4, -0.2) is 32.2 Å². The number of alkyl halides is 3. The van der Waals surface area contributed by atoms with Gasteiger partial charge in [0.15, 0.2) is 0 Å². The molecule has 7 nitrogen and oxygen atoms in total. The summed E-state index contributed by atoms with van der Waals surface area (Å²) in [6.07, 6.45) is -0.355. The maximum absolute atomic E-state index is 12.7. The number of methoxy groups -OCH3 is 1. The smallest absolute Gasteiger partial charge is 0.453 e. The van der Waals surface area contributed by atoms with E-state index >= 15 is 0 Å². The molecule has 0 atom stereocenters. The van der Waals surface area contributed by atoms with E-state index in [4.69, 9.17) is 10.5 Å². The molecule has 0 saturated carbocycles. The fraction of sp³-hybridized carbons (Fsp3) is 0.533. The number of hydrazine groups is 2. The molecule has 1 aromatic rings. The van der Waals surface area contributed by atoms with Crippen molar-refractivity contribution in [2.45, 2.75) is 32.0 Å². The third-order valence-corrected chi connectivity index (χ3v) is 3.74. The number of benzene rings is 1. The minimum absolute atomic E-state index is 0.150. The van der Waals surface area contributed by atoms with Crippen molar-refractivity contribution in [3.8, 4) is 5.75 Å². The molecule has 2 heterocycles. The molecular weight excluding hydrogens is 337 g/mol. The molecule has 140 valence electrons. The standard InChI is InChI=1S/C10H12F3N5O.C5H11N/c1-19-8-3-2-7(4-6(8)5-14)18-9(10(11,12)13)15-16-17-18;1-2-4-6-5-3-1/h2-4,16-17H,5,14H2,1H3;6H,1-5H2. The van der Waals surface area contributed by atoms with E-state index in [1.807, 2.05) is 0 Å². The summed E-state index contributed by atoms with van der Waals surface area (Å²) >= 11 is 0. The number of piperidine rings is 1. The van der Waals surface area contributed by atoms with Crippen LogP contribution in [0.25, 0.3) is 0 Å². The number of anilines is 1. The van der Waals surface area contributed by atoms with Gasteiger partial charge in [0.05, 0.1) is 12.8 Å². The number of amidine groups is 1. The summed E-state index contributed by atoms with van der Waals surface area (Å²) in [5.41, 5.74) is 10.7. The van der Waals surface area contributed by atoms with Crippen LogP contribution in [0.5, 0.6) is 5.75 Å². The SMILES string of the molecule is C1CCNCC1.COc1ccc(N2NNN=C2C(F)(F)F)cc1CN. The Bertz CT molecular complexity index is 578. The first-order chi connectivity index (χ1) is 12.0. The first-order valence-electron chi connectivity index (χ1n) is 8.00. The molecule has 1 saturated heterocycles. The van der Waals surface area contributed by atoms with E-state index < -0.39 is 12.0 Å². The van der Waals surface area contributed by atoms with Crippen molar-refractivity contribution < 1.29 is 17.9 Å². The number of nitrogens with two attached hydrogens (primary N) is 1. The largest absolute Gasteiger partial charge is 0.496 e. The van der Waals surface area contributed by atoms with Crippen LogP contribution in [0.1, 0.15) is 24.8 Å². The fourth-order valence-electron chi connectivity index (χ4n) is 2.47. The average Bonchev–Trinajstić information content (AvgIpc) is 3.13. The first kappa shape index (κ1) is 19.3. The van der Waals surface area contributed by atoms with E-state index in [9.17, 15) is 13.2 Å². The van der Waals surface area contributed by atoms with Crippen molar-refractivity contribution in [3.63, 3.8) is 0 Å². The van der Waals surface area contributed by atoms with E-state index in [0.717, 1.165) is 5.01 Å². The molecule has 0 amide bonds. The zero-order chi connectivity index (χ0) is 18.3. The number of hydrazone groups is 1. The van der Waals surface area contributed by atoms with Crippen molar-refractivity contribution in [2.24, 2.45) is 10.8 Å². The third-order valence-electron chi connectivity index (χ3n) is 3.74. The van der Waals surface area contributed by atoms with Crippen molar-refractivity contribution in [2.75, 3.05) is 25.2 Å². The highest BCUT2D eigenvalue weighted by Gasteiger charge is 2.43. The summed E-state index contributed by atoms with van der Waals surface area (Å²) in [5, 5.41) is 7.23. The highest BCUT2D eigenvalue weighted by atomic mass is 19.4. The topological polar surface area (TPSA) is 86.9 Å². The van der Waals surface area contributed by atoms with Gasteiger partial charge in [0.2, 0.25) is 0 Å². The van der Waals surface area contributed by atoms with Crippen LogP contribution in [0.15, 0.2) is 23.3 Å². The highest BCUT2D eigenvalue weighted by molar-refractivity contribution is 6.01. The van der Waals surface area contributed by atoms with Gasteiger partial charge >= 0.3 is 6.18 Å². The van der Waals surface area contributed by atoms with Gasteiger partial charge in [-0.05, 0) is 44.1 Å². The third kappa shape index (κ3) is 5.21. The summed E-state index contributed by atoms with van der Waals surface area (Å²) in [5.74, 6) is -0.565. The minimum Gasteiger partial charge on any atom is -0.496 e. The minimum atomic E-state index is -4.57. The van der Waals surface area contributed by atoms with Gasteiger partial charge in [-0.3, -0.25) is 0 Å². The quantitative estimate of drug-likeness (QED) is 0.655. The van der Waals surface area contributed by atoms with E-state index in [-0.39, 0.29) is 12.2 Å². The van der Waals surface area contributed by atoms with Gasteiger partial charge in [-0.15, -0.1) is 10.6 Å². The van der Waals surface area contributed by atoms with Gasteiger partial charge < -0.3 is 15.8 Å². The molecule has 0 aliphatic carbocycles. The van der Waals surface area contributed by atoms with Gasteiger partial charge in [0.1, 0.15) is 5.75 Å². The van der Waals surface area contributed by atoms with Crippen LogP contribution in [0.2, 0.25) is 0 Å². The molecule has 25 heavy (non-hydrogen) atoms. The predicted molar refractivity (Wildman–Crippen MR) is 89.8 cm³/mol. The Morgan fingerprint density at radius 2 is 1.96 bits per heavy atom. The van der Waals surface area contributed by atoms with Crippen molar-refractivity contribution in [1.82, 2.24) is 16.4 Å². The van der Waals surface area contributed by atoms with E-state index in [1.54, 1.807) is 6.07 Å². The van der Waals surface area contributed by atoms with Crippen molar-refractivity contribution in [3.05, 3.63) is 23.8 Å². The van der Waals surface area contributed by atoms with Gasteiger partial charge in [-0.2, -0.15) is 13.2 Å². The number of rotatable bonds is 3.